The number of anilines is 2. The van der Waals surface area contributed by atoms with Gasteiger partial charge in [-0.25, -0.2) is 4.68 Å². The first kappa shape index (κ1) is 10.5. The Balaban J connectivity index is 2.37. The van der Waals surface area contributed by atoms with Crippen molar-refractivity contribution in [1.29, 1.82) is 0 Å². The number of hydrogen-bond donors (Lipinski definition) is 2. The molecule has 0 atom stereocenters. The van der Waals surface area contributed by atoms with Crippen LogP contribution in [0.4, 0.5) is 11.6 Å². The van der Waals surface area contributed by atoms with E-state index in [9.17, 15) is 0 Å². The highest BCUT2D eigenvalue weighted by atomic mass is 15.3. The van der Waals surface area contributed by atoms with Gasteiger partial charge in [-0.2, -0.15) is 10.2 Å². The van der Waals surface area contributed by atoms with Gasteiger partial charge in [-0.1, -0.05) is 18.2 Å². The number of nitrogens with zero attached hydrogens (tertiary/aromatic N) is 4. The molecule has 3 aromatic rings. The Bertz CT molecular complexity index is 716. The maximum Gasteiger partial charge on any atom is 0.159 e. The predicted octanol–water partition coefficient (Wildman–Crippen LogP) is 1.29. The monoisotopic (exact) mass is 240 g/mol. The Hall–Kier alpha value is -2.63. The van der Waals surface area contributed by atoms with Gasteiger partial charge in [0.15, 0.2) is 5.82 Å². The van der Waals surface area contributed by atoms with Gasteiger partial charge in [0.05, 0.1) is 16.8 Å². The van der Waals surface area contributed by atoms with E-state index < -0.39 is 0 Å². The third kappa shape index (κ3) is 1.39. The van der Waals surface area contributed by atoms with E-state index in [1.54, 1.807) is 4.68 Å². The lowest BCUT2D eigenvalue weighted by Gasteiger charge is -2.02. The largest absolute Gasteiger partial charge is 0.383 e. The Morgan fingerprint density at radius 2 is 1.78 bits per heavy atom. The molecule has 6 heteroatoms. The first-order valence-electron chi connectivity index (χ1n) is 5.51. The van der Waals surface area contributed by atoms with Crippen LogP contribution in [0.1, 0.15) is 5.69 Å². The summed E-state index contributed by atoms with van der Waals surface area (Å²) in [5.74, 6) is 0.780. The second-order valence-electron chi connectivity index (χ2n) is 4.03. The zero-order valence-corrected chi connectivity index (χ0v) is 9.83. The lowest BCUT2D eigenvalue weighted by Crippen LogP contribution is -2.01. The number of nitrogens with two attached hydrogens (primary N) is 2. The Morgan fingerprint density at radius 1 is 1.06 bits per heavy atom. The lowest BCUT2D eigenvalue weighted by molar-refractivity contribution is 0.901. The molecular formula is C12H12N6. The highest BCUT2D eigenvalue weighted by molar-refractivity contribution is 5.98. The number of fused-ring (bicyclic) bond motifs is 1. The zero-order chi connectivity index (χ0) is 12.7. The number of hydrogen-bond acceptors (Lipinski definition) is 5. The van der Waals surface area contributed by atoms with Crippen LogP contribution < -0.4 is 11.5 Å². The second kappa shape index (κ2) is 3.69. The summed E-state index contributed by atoms with van der Waals surface area (Å²) in [6.07, 6.45) is 0. The van der Waals surface area contributed by atoms with Crippen LogP contribution in [0.5, 0.6) is 0 Å². The smallest absolute Gasteiger partial charge is 0.159 e. The maximum atomic E-state index is 6.09. The summed E-state index contributed by atoms with van der Waals surface area (Å²) in [6.45, 7) is 1.83. The molecule has 0 saturated carbocycles. The van der Waals surface area contributed by atoms with Crippen molar-refractivity contribution in [2.45, 2.75) is 6.92 Å². The van der Waals surface area contributed by atoms with Crippen molar-refractivity contribution in [2.75, 3.05) is 11.5 Å². The van der Waals surface area contributed by atoms with Gasteiger partial charge < -0.3 is 11.5 Å². The minimum Gasteiger partial charge on any atom is -0.383 e. The molecule has 90 valence electrons. The van der Waals surface area contributed by atoms with E-state index in [4.69, 9.17) is 11.5 Å². The van der Waals surface area contributed by atoms with Crippen molar-refractivity contribution in [3.63, 3.8) is 0 Å². The molecule has 0 spiro atoms. The molecule has 0 aliphatic carbocycles. The summed E-state index contributed by atoms with van der Waals surface area (Å²) in [7, 11) is 0. The number of para-hydroxylation sites is 1. The summed E-state index contributed by atoms with van der Waals surface area (Å²) < 4.78 is 1.65. The minimum absolute atomic E-state index is 0.301. The van der Waals surface area contributed by atoms with Crippen molar-refractivity contribution in [3.8, 4) is 5.69 Å². The fraction of sp³-hybridized carbons (Fsp3) is 0.0833. The van der Waals surface area contributed by atoms with Crippen LogP contribution in [0, 0.1) is 6.92 Å². The standard InChI is InChI=1S/C12H12N6/c1-7-10-9(11(13)16-15-7)12(14)18(17-10)8-5-3-2-4-6-8/h2-6H,14H2,1H3,(H2,13,16). The molecule has 0 saturated heterocycles. The summed E-state index contributed by atoms with van der Waals surface area (Å²) in [4.78, 5) is 0. The highest BCUT2D eigenvalue weighted by Gasteiger charge is 2.15. The van der Waals surface area contributed by atoms with Gasteiger partial charge >= 0.3 is 0 Å². The molecule has 0 aliphatic rings. The van der Waals surface area contributed by atoms with Crippen LogP contribution in [-0.4, -0.2) is 20.0 Å². The SMILES string of the molecule is Cc1nnc(N)c2c(N)n(-c3ccccc3)nc12. The van der Waals surface area contributed by atoms with Gasteiger partial charge in [0.25, 0.3) is 0 Å². The van der Waals surface area contributed by atoms with Crippen LogP contribution in [-0.2, 0) is 0 Å². The maximum absolute atomic E-state index is 6.09. The average Bonchev–Trinajstić information content (AvgIpc) is 2.74. The van der Waals surface area contributed by atoms with Crippen molar-refractivity contribution < 1.29 is 0 Å². The molecular weight excluding hydrogens is 228 g/mol. The zero-order valence-electron chi connectivity index (χ0n) is 9.83. The van der Waals surface area contributed by atoms with Gasteiger partial charge in [0.2, 0.25) is 0 Å². The van der Waals surface area contributed by atoms with Gasteiger partial charge in [-0.3, -0.25) is 0 Å². The molecule has 6 nitrogen and oxygen atoms in total. The normalized spacial score (nSPS) is 10.9. The van der Waals surface area contributed by atoms with E-state index in [-0.39, 0.29) is 0 Å². The van der Waals surface area contributed by atoms with Crippen LogP contribution >= 0.6 is 0 Å². The molecule has 2 aromatic heterocycles. The molecule has 0 unspecified atom stereocenters. The van der Waals surface area contributed by atoms with Crippen LogP contribution in [0.3, 0.4) is 0 Å². The van der Waals surface area contributed by atoms with Gasteiger partial charge in [0.1, 0.15) is 11.3 Å². The van der Waals surface area contributed by atoms with E-state index in [2.05, 4.69) is 15.3 Å². The summed E-state index contributed by atoms with van der Waals surface area (Å²) >= 11 is 0. The third-order valence-corrected chi connectivity index (χ3v) is 2.83. The number of aromatic nitrogens is 4. The van der Waals surface area contributed by atoms with Crippen molar-refractivity contribution in [1.82, 2.24) is 20.0 Å². The lowest BCUT2D eigenvalue weighted by atomic mass is 10.2. The van der Waals surface area contributed by atoms with E-state index in [0.29, 0.717) is 28.2 Å². The summed E-state index contributed by atoms with van der Waals surface area (Å²) in [5, 5.41) is 12.9. The first-order valence-corrected chi connectivity index (χ1v) is 5.51. The molecule has 0 bridgehead atoms. The van der Waals surface area contributed by atoms with E-state index in [1.165, 1.54) is 0 Å². The highest BCUT2D eigenvalue weighted by Crippen LogP contribution is 2.28. The summed E-state index contributed by atoms with van der Waals surface area (Å²) in [5.41, 5.74) is 14.2. The number of benzene rings is 1. The topological polar surface area (TPSA) is 95.6 Å². The minimum atomic E-state index is 0.301. The van der Waals surface area contributed by atoms with Crippen molar-refractivity contribution in [3.05, 3.63) is 36.0 Å². The molecule has 0 radical (unpaired) electrons. The molecule has 2 heterocycles. The fourth-order valence-corrected chi connectivity index (χ4v) is 1.93. The van der Waals surface area contributed by atoms with Crippen LogP contribution in [0.15, 0.2) is 30.3 Å². The van der Waals surface area contributed by atoms with Crippen molar-refractivity contribution >= 4 is 22.5 Å². The van der Waals surface area contributed by atoms with E-state index >= 15 is 0 Å². The van der Waals surface area contributed by atoms with Gasteiger partial charge in [-0.15, -0.1) is 5.10 Å². The Labute approximate surface area is 103 Å². The van der Waals surface area contributed by atoms with E-state index in [1.807, 2.05) is 37.3 Å². The quantitative estimate of drug-likeness (QED) is 0.668. The predicted molar refractivity (Wildman–Crippen MR) is 70.2 cm³/mol. The van der Waals surface area contributed by atoms with Crippen LogP contribution in [0.25, 0.3) is 16.6 Å². The molecule has 0 fully saturated rings. The molecule has 4 N–H and O–H groups in total. The summed E-state index contributed by atoms with van der Waals surface area (Å²) in [6, 6.07) is 9.64. The second-order valence-corrected chi connectivity index (χ2v) is 4.03. The number of rotatable bonds is 1. The molecule has 18 heavy (non-hydrogen) atoms. The van der Waals surface area contributed by atoms with Crippen LogP contribution in [0.2, 0.25) is 0 Å². The fourth-order valence-electron chi connectivity index (χ4n) is 1.93. The third-order valence-electron chi connectivity index (χ3n) is 2.83. The Kier molecular flexibility index (Phi) is 2.16. The average molecular weight is 240 g/mol. The number of nitrogen functional groups attached to an aromatic ring is 2. The molecule has 3 rings (SSSR count). The molecule has 0 aliphatic heterocycles. The van der Waals surface area contributed by atoms with Gasteiger partial charge in [-0.05, 0) is 19.1 Å². The van der Waals surface area contributed by atoms with E-state index in [0.717, 1.165) is 5.69 Å². The Morgan fingerprint density at radius 3 is 2.44 bits per heavy atom. The molecule has 1 aromatic carbocycles. The molecule has 0 amide bonds. The first-order chi connectivity index (χ1) is 8.68. The number of aryl methyl sites for hydroxylation is 1. The van der Waals surface area contributed by atoms with Gasteiger partial charge in [0, 0.05) is 0 Å². The van der Waals surface area contributed by atoms with Crippen molar-refractivity contribution in [2.24, 2.45) is 0 Å².